The molecule has 0 spiro atoms. The van der Waals surface area contributed by atoms with E-state index in [0.717, 1.165) is 12.3 Å². The molecule has 3 aliphatic heterocycles. The van der Waals surface area contributed by atoms with Gasteiger partial charge in [0.1, 0.15) is 0 Å². The van der Waals surface area contributed by atoms with E-state index in [0.29, 0.717) is 0 Å². The number of thioether (sulfide) groups is 1. The van der Waals surface area contributed by atoms with Crippen LogP contribution in [-0.4, -0.2) is 33.1 Å². The number of benzene rings is 1. The first kappa shape index (κ1) is 12.1. The molecule has 3 heterocycles. The van der Waals surface area contributed by atoms with E-state index in [1.807, 2.05) is 18.7 Å². The second-order valence-corrected chi connectivity index (χ2v) is 14.1. The molecule has 0 aromatic heterocycles. The SMILES string of the molecule is CC#CC[C]1=Cc2c3ccc[c]2[In]1/[C]3=C1\CSCN1. The summed E-state index contributed by atoms with van der Waals surface area (Å²) >= 11 is 0.0582. The van der Waals surface area contributed by atoms with Crippen molar-refractivity contribution in [2.24, 2.45) is 0 Å². The van der Waals surface area contributed by atoms with E-state index >= 15 is 0 Å². The van der Waals surface area contributed by atoms with Crippen molar-refractivity contribution in [3.8, 4) is 11.8 Å². The molecule has 92 valence electrons. The Morgan fingerprint density at radius 2 is 2.37 bits per heavy atom. The number of hydrogen-bond donors (Lipinski definition) is 1. The minimum absolute atomic E-state index is 0.995. The Hall–Kier alpha value is -0.720. The quantitative estimate of drug-likeness (QED) is 0.765. The molecule has 0 amide bonds. The van der Waals surface area contributed by atoms with E-state index in [4.69, 9.17) is 0 Å². The van der Waals surface area contributed by atoms with Gasteiger partial charge in [0.05, 0.1) is 0 Å². The number of allylic oxidation sites excluding steroid dienone is 1. The second-order valence-electron chi connectivity index (χ2n) is 5.13. The normalized spacial score (nSPS) is 22.2. The summed E-state index contributed by atoms with van der Waals surface area (Å²) in [4.78, 5) is 0. The van der Waals surface area contributed by atoms with Crippen molar-refractivity contribution in [1.29, 1.82) is 0 Å². The zero-order valence-electron chi connectivity index (χ0n) is 10.9. The summed E-state index contributed by atoms with van der Waals surface area (Å²) in [6.07, 6.45) is 3.46. The molecule has 4 rings (SSSR count). The Morgan fingerprint density at radius 3 is 3.11 bits per heavy atom. The summed E-state index contributed by atoms with van der Waals surface area (Å²) in [5.74, 6) is 8.59. The molecule has 0 unspecified atom stereocenters. The molecule has 0 atom stereocenters. The summed E-state index contributed by atoms with van der Waals surface area (Å²) < 4.78 is 5.12. The Bertz CT molecular complexity index is 682. The molecule has 1 aromatic carbocycles. The van der Waals surface area contributed by atoms with Gasteiger partial charge in [-0.25, -0.2) is 0 Å². The van der Waals surface area contributed by atoms with Crippen LogP contribution in [-0.2, 0) is 0 Å². The van der Waals surface area contributed by atoms with Crippen molar-refractivity contribution in [3.05, 3.63) is 38.4 Å². The molecule has 1 saturated heterocycles. The standard InChI is InChI=1S/C16H14NS.In/c1-2-3-4-5-8-14-9-6-7-10-15(14)11-16-12-18-13-17-16;/h6-8,10,17H,4,12-13H2,1H3;. The number of nitrogens with one attached hydrogen (secondary N) is 1. The molecular weight excluding hydrogens is 353 g/mol. The van der Waals surface area contributed by atoms with Crippen LogP contribution in [0.25, 0.3) is 9.41 Å². The Balaban J connectivity index is 1.86. The van der Waals surface area contributed by atoms with Gasteiger partial charge in [0, 0.05) is 0 Å². The predicted octanol–water partition coefficient (Wildman–Crippen LogP) is 2.30. The van der Waals surface area contributed by atoms with Gasteiger partial charge in [0.15, 0.2) is 0 Å². The first-order valence-corrected chi connectivity index (χ1v) is 12.8. The maximum absolute atomic E-state index is 3.61. The predicted molar refractivity (Wildman–Crippen MR) is 85.3 cm³/mol. The van der Waals surface area contributed by atoms with Gasteiger partial charge in [-0.05, 0) is 0 Å². The molecule has 1 N–H and O–H groups in total. The van der Waals surface area contributed by atoms with Gasteiger partial charge in [-0.15, -0.1) is 0 Å². The van der Waals surface area contributed by atoms with Gasteiger partial charge in [0.2, 0.25) is 0 Å². The molecule has 0 aliphatic carbocycles. The summed E-state index contributed by atoms with van der Waals surface area (Å²) in [6, 6.07) is 6.94. The maximum atomic E-state index is 3.61. The van der Waals surface area contributed by atoms with E-state index < -0.39 is 21.4 Å². The number of rotatable bonds is 1. The fourth-order valence-corrected chi connectivity index (χ4v) is 15.2. The third kappa shape index (κ3) is 1.73. The minimum atomic E-state index is -1.94. The van der Waals surface area contributed by atoms with Gasteiger partial charge >= 0.3 is 126 Å². The van der Waals surface area contributed by atoms with E-state index in [1.54, 1.807) is 9.98 Å². The third-order valence-electron chi connectivity index (χ3n) is 4.16. The number of hydrogen-bond acceptors (Lipinski definition) is 2. The van der Waals surface area contributed by atoms with Gasteiger partial charge in [-0.2, -0.15) is 0 Å². The van der Waals surface area contributed by atoms with Gasteiger partial charge in [-0.3, -0.25) is 0 Å². The first-order valence-electron chi connectivity index (χ1n) is 6.68. The van der Waals surface area contributed by atoms with Crippen LogP contribution in [0.5, 0.6) is 0 Å². The summed E-state index contributed by atoms with van der Waals surface area (Å²) in [7, 11) is 0. The molecule has 3 aliphatic rings. The molecular formula is C16H14InNS. The fraction of sp³-hybridized carbons (Fsp3) is 0.250. The van der Waals surface area contributed by atoms with Gasteiger partial charge in [-0.1, -0.05) is 0 Å². The Morgan fingerprint density at radius 1 is 1.42 bits per heavy atom. The van der Waals surface area contributed by atoms with Gasteiger partial charge < -0.3 is 0 Å². The van der Waals surface area contributed by atoms with Crippen LogP contribution < -0.4 is 8.64 Å². The molecule has 3 heteroatoms. The Labute approximate surface area is 126 Å². The molecule has 0 radical (unpaired) electrons. The van der Waals surface area contributed by atoms with Crippen molar-refractivity contribution in [1.82, 2.24) is 5.32 Å². The zero-order valence-corrected chi connectivity index (χ0v) is 15.0. The van der Waals surface area contributed by atoms with Crippen LogP contribution in [0.2, 0.25) is 0 Å². The van der Waals surface area contributed by atoms with Crippen molar-refractivity contribution in [2.75, 3.05) is 11.6 Å². The third-order valence-corrected chi connectivity index (χ3v) is 14.9. The van der Waals surface area contributed by atoms with Crippen molar-refractivity contribution < 1.29 is 0 Å². The molecule has 4 bridgehead atoms. The second kappa shape index (κ2) is 4.68. The van der Waals surface area contributed by atoms with Crippen LogP contribution in [0, 0.1) is 11.8 Å². The van der Waals surface area contributed by atoms with E-state index in [1.165, 1.54) is 22.6 Å². The topological polar surface area (TPSA) is 12.0 Å². The molecule has 1 fully saturated rings. The monoisotopic (exact) mass is 367 g/mol. The average Bonchev–Trinajstić information content (AvgIpc) is 3.10. The van der Waals surface area contributed by atoms with Crippen LogP contribution in [0.1, 0.15) is 24.5 Å². The zero-order chi connectivity index (χ0) is 12.8. The molecule has 0 saturated carbocycles. The van der Waals surface area contributed by atoms with Crippen LogP contribution in [0.3, 0.4) is 0 Å². The molecule has 1 aromatic rings. The summed E-state index contributed by atoms with van der Waals surface area (Å²) in [5.41, 5.74) is 4.61. The van der Waals surface area contributed by atoms with Gasteiger partial charge in [0.25, 0.3) is 0 Å². The van der Waals surface area contributed by atoms with Crippen LogP contribution in [0.4, 0.5) is 0 Å². The Kier molecular flexibility index (Phi) is 2.97. The average molecular weight is 367 g/mol. The van der Waals surface area contributed by atoms with Crippen molar-refractivity contribution in [2.45, 2.75) is 13.3 Å². The van der Waals surface area contributed by atoms with Crippen LogP contribution in [0.15, 0.2) is 27.2 Å². The van der Waals surface area contributed by atoms with E-state index in [2.05, 4.69) is 41.4 Å². The van der Waals surface area contributed by atoms with Crippen molar-refractivity contribution >= 4 is 45.9 Å². The summed E-state index contributed by atoms with van der Waals surface area (Å²) in [6.45, 7) is 1.94. The fourth-order valence-electron chi connectivity index (χ4n) is 3.39. The van der Waals surface area contributed by atoms with E-state index in [-0.39, 0.29) is 0 Å². The molecule has 1 nitrogen and oxygen atoms in total. The molecule has 19 heavy (non-hydrogen) atoms. The first-order chi connectivity index (χ1) is 9.40. The van der Waals surface area contributed by atoms with Crippen molar-refractivity contribution in [3.63, 3.8) is 0 Å². The summed E-state index contributed by atoms with van der Waals surface area (Å²) in [5, 5.41) is 3.61. The van der Waals surface area contributed by atoms with Crippen LogP contribution >= 0.6 is 11.8 Å². The van der Waals surface area contributed by atoms with E-state index in [9.17, 15) is 0 Å².